The van der Waals surface area contributed by atoms with Gasteiger partial charge >= 0.3 is 5.97 Å². The van der Waals surface area contributed by atoms with Crippen molar-refractivity contribution >= 4 is 11.9 Å². The van der Waals surface area contributed by atoms with E-state index in [9.17, 15) is 19.8 Å². The third kappa shape index (κ3) is 59.6. The SMILES string of the molecule is CCCCCCCCC/C=C\CCCCCCCC(=O)OCCCCCCCCCCCC/C=C\CCCCCCCCCC(=O)NC(CO)C(O)CCCCCCCCCCCCCCCCCCCCCC. The quantitative estimate of drug-likeness (QED) is 0.0320. The van der Waals surface area contributed by atoms with Gasteiger partial charge in [-0.25, -0.2) is 0 Å². The lowest BCUT2D eigenvalue weighted by Gasteiger charge is -2.22. The number of hydrogen-bond donors (Lipinski definition) is 3. The lowest BCUT2D eigenvalue weighted by molar-refractivity contribution is -0.143. The van der Waals surface area contributed by atoms with Gasteiger partial charge in [-0.05, 0) is 77.0 Å². The third-order valence-corrected chi connectivity index (χ3v) is 15.7. The van der Waals surface area contributed by atoms with Gasteiger partial charge in [0.2, 0.25) is 5.91 Å². The van der Waals surface area contributed by atoms with Crippen LogP contribution >= 0.6 is 0 Å². The van der Waals surface area contributed by atoms with Gasteiger partial charge in [-0.15, -0.1) is 0 Å². The fraction of sp³-hybridized carbons (Fsp3) is 0.912. The molecule has 0 aliphatic carbocycles. The summed E-state index contributed by atoms with van der Waals surface area (Å²) in [6.45, 7) is 4.97. The van der Waals surface area contributed by atoms with Gasteiger partial charge in [0.05, 0.1) is 25.4 Å². The van der Waals surface area contributed by atoms with Crippen molar-refractivity contribution in [1.82, 2.24) is 5.32 Å². The van der Waals surface area contributed by atoms with Crippen LogP contribution in [0.15, 0.2) is 24.3 Å². The summed E-state index contributed by atoms with van der Waals surface area (Å²) in [5.74, 6) is -0.0376. The molecule has 0 aliphatic rings. The van der Waals surface area contributed by atoms with E-state index in [0.29, 0.717) is 25.9 Å². The van der Waals surface area contributed by atoms with Crippen molar-refractivity contribution in [3.8, 4) is 0 Å². The second-order valence-electron chi connectivity index (χ2n) is 23.1. The molecule has 0 radical (unpaired) electrons. The normalized spacial score (nSPS) is 12.6. The number of ether oxygens (including phenoxy) is 1. The van der Waals surface area contributed by atoms with Crippen molar-refractivity contribution in [3.05, 3.63) is 24.3 Å². The maximum absolute atomic E-state index is 12.5. The van der Waals surface area contributed by atoms with Crippen LogP contribution in [0.25, 0.3) is 0 Å². The number of rotatable bonds is 63. The maximum Gasteiger partial charge on any atom is 0.305 e. The van der Waals surface area contributed by atoms with E-state index in [1.165, 1.54) is 295 Å². The number of nitrogens with one attached hydrogen (secondary N) is 1. The van der Waals surface area contributed by atoms with Crippen LogP contribution in [0.1, 0.15) is 373 Å². The highest BCUT2D eigenvalue weighted by Crippen LogP contribution is 2.18. The molecule has 0 aromatic heterocycles. The summed E-state index contributed by atoms with van der Waals surface area (Å²) in [6.07, 6.45) is 79.1. The molecule has 0 rings (SSSR count). The van der Waals surface area contributed by atoms with Crippen LogP contribution < -0.4 is 5.32 Å². The van der Waals surface area contributed by atoms with E-state index in [2.05, 4.69) is 43.5 Å². The van der Waals surface area contributed by atoms with Crippen LogP contribution in [0.3, 0.4) is 0 Å². The average Bonchev–Trinajstić information content (AvgIpc) is 3.40. The van der Waals surface area contributed by atoms with Gasteiger partial charge in [-0.3, -0.25) is 9.59 Å². The van der Waals surface area contributed by atoms with Crippen molar-refractivity contribution < 1.29 is 24.5 Å². The molecule has 0 aromatic carbocycles. The van der Waals surface area contributed by atoms with E-state index in [4.69, 9.17) is 4.74 Å². The summed E-state index contributed by atoms with van der Waals surface area (Å²) in [4.78, 5) is 24.6. The van der Waals surface area contributed by atoms with Crippen LogP contribution in [0, 0.1) is 0 Å². The predicted molar refractivity (Wildman–Crippen MR) is 324 cm³/mol. The van der Waals surface area contributed by atoms with Crippen LogP contribution in [-0.4, -0.2) is 47.4 Å². The molecular weight excluding hydrogens is 911 g/mol. The standard InChI is InChI=1S/C68H131NO5/c1-3-5-7-9-11-13-15-17-19-21-22-26-29-32-36-40-44-48-52-56-60-66(71)65(64-70)69-67(72)61-57-53-49-45-41-37-33-30-27-24-23-25-28-31-35-39-43-47-51-55-59-63-74-68(73)62-58-54-50-46-42-38-34-20-18-16-14-12-10-8-6-4-2/h20,24,27,34,65-66,70-71H,3-19,21-23,25-26,28-33,35-64H2,1-2H3,(H,69,72)/b27-24-,34-20-. The lowest BCUT2D eigenvalue weighted by Crippen LogP contribution is -2.45. The molecule has 1 amide bonds. The summed E-state index contributed by atoms with van der Waals surface area (Å²) in [7, 11) is 0. The Morgan fingerprint density at radius 3 is 0.959 bits per heavy atom. The Bertz CT molecular complexity index is 1150. The van der Waals surface area contributed by atoms with Gasteiger partial charge in [0.15, 0.2) is 0 Å². The minimum atomic E-state index is -0.670. The van der Waals surface area contributed by atoms with Gasteiger partial charge in [-0.2, -0.15) is 0 Å². The first kappa shape index (κ1) is 72.3. The summed E-state index contributed by atoms with van der Waals surface area (Å²) in [5.41, 5.74) is 0. The van der Waals surface area contributed by atoms with Gasteiger partial charge in [0.1, 0.15) is 0 Å². The topological polar surface area (TPSA) is 95.9 Å². The van der Waals surface area contributed by atoms with Crippen molar-refractivity contribution in [2.75, 3.05) is 13.2 Å². The van der Waals surface area contributed by atoms with Gasteiger partial charge < -0.3 is 20.3 Å². The number of esters is 1. The molecule has 0 heterocycles. The van der Waals surface area contributed by atoms with Gasteiger partial charge in [0, 0.05) is 12.8 Å². The first-order valence-corrected chi connectivity index (χ1v) is 33.6. The second kappa shape index (κ2) is 63.9. The minimum Gasteiger partial charge on any atom is -0.466 e. The van der Waals surface area contributed by atoms with Gasteiger partial charge in [-0.1, -0.05) is 308 Å². The van der Waals surface area contributed by atoms with Gasteiger partial charge in [0.25, 0.3) is 0 Å². The molecule has 438 valence electrons. The summed E-state index contributed by atoms with van der Waals surface area (Å²) in [5, 5.41) is 23.4. The largest absolute Gasteiger partial charge is 0.466 e. The minimum absolute atomic E-state index is 0.00165. The molecule has 6 nitrogen and oxygen atoms in total. The van der Waals surface area contributed by atoms with Crippen LogP contribution in [0.5, 0.6) is 0 Å². The highest BCUT2D eigenvalue weighted by molar-refractivity contribution is 5.76. The molecule has 0 saturated carbocycles. The molecule has 0 saturated heterocycles. The molecule has 3 N–H and O–H groups in total. The Morgan fingerprint density at radius 1 is 0.365 bits per heavy atom. The molecule has 0 aliphatic heterocycles. The number of amides is 1. The number of hydrogen-bond acceptors (Lipinski definition) is 5. The van der Waals surface area contributed by atoms with E-state index in [1.807, 2.05) is 0 Å². The Hall–Kier alpha value is -1.66. The van der Waals surface area contributed by atoms with E-state index in [0.717, 1.165) is 44.9 Å². The van der Waals surface area contributed by atoms with Crippen molar-refractivity contribution in [2.24, 2.45) is 0 Å². The fourth-order valence-electron chi connectivity index (χ4n) is 10.6. The highest BCUT2D eigenvalue weighted by atomic mass is 16.5. The van der Waals surface area contributed by atoms with E-state index < -0.39 is 12.1 Å². The monoisotopic (exact) mass is 1040 g/mol. The summed E-state index contributed by atoms with van der Waals surface area (Å²) >= 11 is 0. The Kier molecular flexibility index (Phi) is 62.4. The number of aliphatic hydroxyl groups is 2. The van der Waals surface area contributed by atoms with Crippen LogP contribution in [-0.2, 0) is 14.3 Å². The Balaban J connectivity index is 3.42. The molecule has 74 heavy (non-hydrogen) atoms. The summed E-state index contributed by atoms with van der Waals surface area (Å²) in [6, 6.07) is -0.548. The smallest absolute Gasteiger partial charge is 0.305 e. The van der Waals surface area contributed by atoms with Crippen molar-refractivity contribution in [2.45, 2.75) is 386 Å². The molecule has 0 aromatic rings. The van der Waals surface area contributed by atoms with E-state index >= 15 is 0 Å². The number of carbonyl (C=O) groups excluding carboxylic acids is 2. The third-order valence-electron chi connectivity index (χ3n) is 15.7. The molecule has 2 unspecified atom stereocenters. The number of unbranched alkanes of at least 4 members (excludes halogenated alkanes) is 48. The first-order chi connectivity index (χ1) is 36.5. The second-order valence-corrected chi connectivity index (χ2v) is 23.1. The molecule has 0 bridgehead atoms. The van der Waals surface area contributed by atoms with E-state index in [1.54, 1.807) is 0 Å². The molecule has 6 heteroatoms. The van der Waals surface area contributed by atoms with Crippen LogP contribution in [0.4, 0.5) is 0 Å². The molecule has 0 spiro atoms. The highest BCUT2D eigenvalue weighted by Gasteiger charge is 2.20. The lowest BCUT2D eigenvalue weighted by atomic mass is 10.0. The maximum atomic E-state index is 12.5. The van der Waals surface area contributed by atoms with Crippen LogP contribution in [0.2, 0.25) is 0 Å². The number of allylic oxidation sites excluding steroid dienone is 4. The molecule has 2 atom stereocenters. The average molecular weight is 1040 g/mol. The first-order valence-electron chi connectivity index (χ1n) is 33.6. The van der Waals surface area contributed by atoms with E-state index in [-0.39, 0.29) is 18.5 Å². The molecular formula is C68H131NO5. The predicted octanol–water partition coefficient (Wildman–Crippen LogP) is 21.4. The number of aliphatic hydroxyl groups excluding tert-OH is 2. The van der Waals surface area contributed by atoms with Crippen molar-refractivity contribution in [3.63, 3.8) is 0 Å². The zero-order valence-electron chi connectivity index (χ0n) is 50.1. The van der Waals surface area contributed by atoms with Crippen molar-refractivity contribution in [1.29, 1.82) is 0 Å². The molecule has 0 fully saturated rings. The zero-order valence-corrected chi connectivity index (χ0v) is 50.1. The Morgan fingerprint density at radius 2 is 0.635 bits per heavy atom. The Labute approximate surface area is 462 Å². The number of carbonyl (C=O) groups is 2. The summed E-state index contributed by atoms with van der Waals surface area (Å²) < 4.78 is 5.49. The fourth-order valence-corrected chi connectivity index (χ4v) is 10.6. The zero-order chi connectivity index (χ0) is 53.6.